The topological polar surface area (TPSA) is 57.1 Å². The molecule has 0 amide bonds. The third-order valence-corrected chi connectivity index (χ3v) is 12.1. The number of ketones is 1. The third-order valence-electron chi connectivity index (χ3n) is 12.1. The van der Waals surface area contributed by atoms with Crippen molar-refractivity contribution in [3.8, 4) is 0 Å². The summed E-state index contributed by atoms with van der Waals surface area (Å²) in [6, 6.07) is 19.2. The van der Waals surface area contributed by atoms with Crippen molar-refractivity contribution >= 4 is 17.5 Å². The zero-order valence-electron chi connectivity index (χ0n) is 29.4. The number of rotatable bonds is 10. The van der Waals surface area contributed by atoms with Crippen LogP contribution in [0.4, 0.5) is 0 Å². The monoisotopic (exact) mass is 632 g/mol. The first kappa shape index (κ1) is 33.6. The number of carbonyl (C=O) groups is 1. The summed E-state index contributed by atoms with van der Waals surface area (Å²) < 4.78 is 0. The van der Waals surface area contributed by atoms with Gasteiger partial charge in [0.15, 0.2) is 5.78 Å². The SMILES string of the molecule is C=CC.CCC(=NCCCN1CCc2ccccc2C1)N=C(N/C(C)=C(\Cc1ccccc1)C(C)=O)C12CC3CC4CC(C1)C2(C4)C3. The normalized spacial score (nSPS) is 29.6. The molecule has 5 aliphatic rings. The molecule has 5 heteroatoms. The lowest BCUT2D eigenvalue weighted by Gasteiger charge is -2.59. The zero-order valence-corrected chi connectivity index (χ0v) is 29.4. The lowest BCUT2D eigenvalue weighted by atomic mass is 9.45. The van der Waals surface area contributed by atoms with Gasteiger partial charge in [-0.1, -0.05) is 67.6 Å². The molecule has 47 heavy (non-hydrogen) atoms. The predicted octanol–water partition coefficient (Wildman–Crippen LogP) is 8.75. The van der Waals surface area contributed by atoms with Crippen LogP contribution in [-0.2, 0) is 24.2 Å². The smallest absolute Gasteiger partial charge is 0.157 e. The molecule has 5 unspecified atom stereocenters. The van der Waals surface area contributed by atoms with Crippen molar-refractivity contribution in [3.63, 3.8) is 0 Å². The largest absolute Gasteiger partial charge is 0.347 e. The van der Waals surface area contributed by atoms with Crippen molar-refractivity contribution in [2.45, 2.75) is 98.4 Å². The lowest BCUT2D eigenvalue weighted by Crippen LogP contribution is -2.60. The van der Waals surface area contributed by atoms with Crippen molar-refractivity contribution in [1.29, 1.82) is 0 Å². The van der Waals surface area contributed by atoms with Gasteiger partial charge in [-0.15, -0.1) is 6.58 Å². The molecule has 7 rings (SSSR count). The first-order valence-electron chi connectivity index (χ1n) is 18.3. The van der Waals surface area contributed by atoms with Gasteiger partial charge in [-0.2, -0.15) is 0 Å². The quantitative estimate of drug-likeness (QED) is 0.0937. The number of fused-ring (bicyclic) bond motifs is 3. The number of hydrogen-bond acceptors (Lipinski definition) is 3. The summed E-state index contributed by atoms with van der Waals surface area (Å²) in [4.78, 5) is 26.1. The van der Waals surface area contributed by atoms with Gasteiger partial charge in [0, 0.05) is 55.7 Å². The Labute approximate surface area is 283 Å². The first-order valence-corrected chi connectivity index (χ1v) is 18.3. The second-order valence-electron chi connectivity index (χ2n) is 15.1. The molecule has 5 nitrogen and oxygen atoms in total. The van der Waals surface area contributed by atoms with E-state index in [-0.39, 0.29) is 11.2 Å². The van der Waals surface area contributed by atoms with Gasteiger partial charge < -0.3 is 5.32 Å². The van der Waals surface area contributed by atoms with Crippen molar-refractivity contribution in [3.05, 3.63) is 95.2 Å². The minimum Gasteiger partial charge on any atom is -0.347 e. The van der Waals surface area contributed by atoms with Crippen LogP contribution >= 0.6 is 0 Å². The molecule has 0 aromatic heterocycles. The van der Waals surface area contributed by atoms with E-state index >= 15 is 0 Å². The zero-order chi connectivity index (χ0) is 33.0. The molecule has 4 aliphatic carbocycles. The predicted molar refractivity (Wildman–Crippen MR) is 196 cm³/mol. The molecule has 1 spiro atoms. The van der Waals surface area contributed by atoms with Crippen LogP contribution in [0.25, 0.3) is 0 Å². The number of allylic oxidation sites excluding steroid dienone is 3. The fourth-order valence-corrected chi connectivity index (χ4v) is 10.2. The van der Waals surface area contributed by atoms with E-state index < -0.39 is 0 Å². The summed E-state index contributed by atoms with van der Waals surface area (Å²) in [6.07, 6.45) is 13.5. The highest BCUT2D eigenvalue weighted by molar-refractivity contribution is 6.03. The molecule has 250 valence electrons. The van der Waals surface area contributed by atoms with E-state index in [9.17, 15) is 4.79 Å². The van der Waals surface area contributed by atoms with Crippen molar-refractivity contribution in [2.75, 3.05) is 19.6 Å². The van der Waals surface area contributed by atoms with Gasteiger partial charge in [-0.25, -0.2) is 4.99 Å². The Hall–Kier alpha value is -3.31. The van der Waals surface area contributed by atoms with E-state index in [1.165, 1.54) is 55.2 Å². The van der Waals surface area contributed by atoms with Gasteiger partial charge in [0.1, 0.15) is 11.7 Å². The number of nitrogens with one attached hydrogen (secondary N) is 1. The van der Waals surface area contributed by atoms with Crippen LogP contribution in [0.15, 0.2) is 88.5 Å². The maximum atomic E-state index is 13.0. The minimum absolute atomic E-state index is 0.112. The number of benzene rings is 2. The fourth-order valence-electron chi connectivity index (χ4n) is 10.2. The second kappa shape index (κ2) is 14.4. The Bertz CT molecular complexity index is 1530. The molecule has 4 saturated carbocycles. The van der Waals surface area contributed by atoms with Crippen LogP contribution in [-0.4, -0.2) is 42.0 Å². The maximum Gasteiger partial charge on any atom is 0.157 e. The summed E-state index contributed by atoms with van der Waals surface area (Å²) in [5.74, 6) is 4.80. The summed E-state index contributed by atoms with van der Waals surface area (Å²) in [6.45, 7) is 15.3. The number of carbonyl (C=O) groups excluding carboxylic acids is 1. The average molecular weight is 633 g/mol. The lowest BCUT2D eigenvalue weighted by molar-refractivity contribution is -0.113. The fraction of sp³-hybridized carbons (Fsp3) is 0.548. The number of amidine groups is 2. The van der Waals surface area contributed by atoms with E-state index in [0.717, 1.165) is 86.1 Å². The van der Waals surface area contributed by atoms with E-state index in [4.69, 9.17) is 9.98 Å². The second-order valence-corrected chi connectivity index (χ2v) is 15.1. The number of hydrogen-bond donors (Lipinski definition) is 1. The maximum absolute atomic E-state index is 13.0. The summed E-state index contributed by atoms with van der Waals surface area (Å²) in [5.41, 5.74) is 6.50. The highest BCUT2D eigenvalue weighted by Gasteiger charge is 2.76. The summed E-state index contributed by atoms with van der Waals surface area (Å²) in [7, 11) is 0. The van der Waals surface area contributed by atoms with E-state index in [0.29, 0.717) is 11.8 Å². The molecule has 2 aromatic carbocycles. The third kappa shape index (κ3) is 6.70. The Morgan fingerprint density at radius 3 is 2.47 bits per heavy atom. The van der Waals surface area contributed by atoms with Crippen LogP contribution in [0.3, 0.4) is 0 Å². The molecule has 1 N–H and O–H groups in total. The molecule has 0 radical (unpaired) electrons. The number of aliphatic imine (C=N–C) groups is 2. The standard InChI is InChI=1S/C39H50N4O.C3H6/c1-4-36(40-16-10-17-43-18-15-32-13-8-9-14-33(32)26-43)42-37(39-24-31-19-30-20-34(25-39)38(39,22-30)23-31)41-27(2)35(28(3)44)21-29-11-6-5-7-12-29;1-3-2/h5-9,11-14,30-31,34H,4,10,15-26H2,1-3H3,(H,40,41,42);3H,1H2,2H3/b35-27+;. The molecule has 1 aliphatic heterocycles. The van der Waals surface area contributed by atoms with E-state index in [1.54, 1.807) is 13.0 Å². The Morgan fingerprint density at radius 2 is 1.72 bits per heavy atom. The van der Waals surface area contributed by atoms with Crippen LogP contribution in [0.5, 0.6) is 0 Å². The van der Waals surface area contributed by atoms with Crippen molar-refractivity contribution in [2.24, 2.45) is 38.6 Å². The van der Waals surface area contributed by atoms with E-state index in [1.807, 2.05) is 13.0 Å². The van der Waals surface area contributed by atoms with Crippen molar-refractivity contribution < 1.29 is 4.79 Å². The van der Waals surface area contributed by atoms with Crippen LogP contribution in [0.2, 0.25) is 0 Å². The number of nitrogens with zero attached hydrogens (tertiary/aromatic N) is 3. The van der Waals surface area contributed by atoms with Crippen LogP contribution in [0.1, 0.15) is 95.8 Å². The molecular weight excluding hydrogens is 576 g/mol. The van der Waals surface area contributed by atoms with Crippen molar-refractivity contribution in [1.82, 2.24) is 10.2 Å². The van der Waals surface area contributed by atoms with Gasteiger partial charge in [-0.05, 0) is 112 Å². The highest BCUT2D eigenvalue weighted by atomic mass is 16.1. The van der Waals surface area contributed by atoms with Gasteiger partial charge in [0.25, 0.3) is 0 Å². The molecule has 3 bridgehead atoms. The van der Waals surface area contributed by atoms with Gasteiger partial charge in [0.05, 0.1) is 0 Å². The van der Waals surface area contributed by atoms with Gasteiger partial charge in [-0.3, -0.25) is 14.7 Å². The number of Topliss-reactive ketones (excluding diaryl/α,β-unsaturated/α-hetero) is 1. The average Bonchev–Trinajstić information content (AvgIpc) is 3.39. The molecule has 2 aromatic rings. The molecule has 1 heterocycles. The first-order chi connectivity index (χ1) is 22.8. The molecular formula is C42H56N4O. The Morgan fingerprint density at radius 1 is 1.00 bits per heavy atom. The minimum atomic E-state index is 0.112. The summed E-state index contributed by atoms with van der Waals surface area (Å²) >= 11 is 0. The molecule has 0 saturated heterocycles. The van der Waals surface area contributed by atoms with Crippen LogP contribution < -0.4 is 5.32 Å². The molecule has 5 atom stereocenters. The highest BCUT2D eigenvalue weighted by Crippen LogP contribution is 2.81. The van der Waals surface area contributed by atoms with E-state index in [2.05, 4.69) is 79.2 Å². The summed E-state index contributed by atoms with van der Waals surface area (Å²) in [5, 5.41) is 3.87. The van der Waals surface area contributed by atoms with Gasteiger partial charge in [0.2, 0.25) is 0 Å². The van der Waals surface area contributed by atoms with Crippen LogP contribution in [0, 0.1) is 28.6 Å². The van der Waals surface area contributed by atoms with Gasteiger partial charge >= 0.3 is 0 Å². The Kier molecular flexibility index (Phi) is 10.3. The Balaban J connectivity index is 0.00000124. The molecule has 4 fully saturated rings.